The van der Waals surface area contributed by atoms with Gasteiger partial charge in [-0.25, -0.2) is 0 Å². The van der Waals surface area contributed by atoms with Gasteiger partial charge < -0.3 is 4.74 Å². The van der Waals surface area contributed by atoms with Crippen molar-refractivity contribution in [3.8, 4) is 0 Å². The van der Waals surface area contributed by atoms with Crippen molar-refractivity contribution in [1.29, 1.82) is 0 Å². The molecule has 1 heteroatoms. The van der Waals surface area contributed by atoms with Crippen LogP contribution in [0.4, 0.5) is 0 Å². The zero-order valence-corrected chi connectivity index (χ0v) is 4.77. The molecule has 1 aliphatic heterocycles. The molecule has 0 saturated carbocycles. The molecule has 0 aliphatic carbocycles. The van der Waals surface area contributed by atoms with Crippen LogP contribution in [0.2, 0.25) is 0 Å². The van der Waals surface area contributed by atoms with Crippen molar-refractivity contribution in [1.82, 2.24) is 0 Å². The monoisotopic (exact) mass is 98.1 g/mol. The first-order valence-corrected chi connectivity index (χ1v) is 2.52. The van der Waals surface area contributed by atoms with Crippen molar-refractivity contribution in [2.45, 2.75) is 26.1 Å². The first-order chi connectivity index (χ1) is 3.22. The first kappa shape index (κ1) is 4.85. The smallest absolute Gasteiger partial charge is 0.104 e. The highest BCUT2D eigenvalue weighted by Gasteiger charge is 2.34. The van der Waals surface area contributed by atoms with Gasteiger partial charge in [0.25, 0.3) is 0 Å². The van der Waals surface area contributed by atoms with Gasteiger partial charge in [-0.2, -0.15) is 0 Å². The highest BCUT2D eigenvalue weighted by Crippen LogP contribution is 2.26. The predicted octanol–water partition coefficient (Wildman–Crippen LogP) is 1.35. The average molecular weight is 98.1 g/mol. The maximum atomic E-state index is 5.08. The topological polar surface area (TPSA) is 12.5 Å². The quantitative estimate of drug-likeness (QED) is 0.356. The van der Waals surface area contributed by atoms with Crippen molar-refractivity contribution in [2.24, 2.45) is 0 Å². The van der Waals surface area contributed by atoms with Crippen LogP contribution in [0.1, 0.15) is 13.8 Å². The largest absolute Gasteiger partial charge is 0.365 e. The molecule has 1 heterocycles. The number of rotatable bonds is 1. The lowest BCUT2D eigenvalue weighted by molar-refractivity contribution is 0.395. The molecular weight excluding hydrogens is 88.1 g/mol. The fourth-order valence-corrected chi connectivity index (χ4v) is 0.703. The Morgan fingerprint density at radius 3 is 2.14 bits per heavy atom. The fourth-order valence-electron chi connectivity index (χ4n) is 0.703. The third kappa shape index (κ3) is 0.829. The van der Waals surface area contributed by atoms with Crippen molar-refractivity contribution in [2.75, 3.05) is 0 Å². The molecule has 2 atom stereocenters. The Hall–Kier alpha value is -0.300. The van der Waals surface area contributed by atoms with Gasteiger partial charge in [0.05, 0.1) is 6.10 Å². The van der Waals surface area contributed by atoms with Crippen LogP contribution in [0.15, 0.2) is 12.2 Å². The van der Waals surface area contributed by atoms with Crippen LogP contribution in [0.25, 0.3) is 0 Å². The number of epoxide rings is 1. The van der Waals surface area contributed by atoms with Crippen LogP contribution in [0.5, 0.6) is 0 Å². The Labute approximate surface area is 44.0 Å². The first-order valence-electron chi connectivity index (χ1n) is 2.52. The molecule has 0 amide bonds. The van der Waals surface area contributed by atoms with E-state index in [0.717, 1.165) is 5.57 Å². The number of ether oxygens (including phenoxy) is 1. The average Bonchev–Trinajstić information content (AvgIpc) is 2.17. The van der Waals surface area contributed by atoms with E-state index in [0.29, 0.717) is 12.2 Å². The van der Waals surface area contributed by atoms with Crippen molar-refractivity contribution >= 4 is 0 Å². The summed E-state index contributed by atoms with van der Waals surface area (Å²) in [6.07, 6.45) is 0.817. The Balaban J connectivity index is 2.33. The molecule has 7 heavy (non-hydrogen) atoms. The molecule has 0 unspecified atom stereocenters. The molecule has 1 aliphatic rings. The molecule has 1 rings (SSSR count). The maximum Gasteiger partial charge on any atom is 0.104 e. The molecule has 1 nitrogen and oxygen atoms in total. The second kappa shape index (κ2) is 1.34. The summed E-state index contributed by atoms with van der Waals surface area (Å²) in [5.41, 5.74) is 1.15. The van der Waals surface area contributed by atoms with E-state index >= 15 is 0 Å². The van der Waals surface area contributed by atoms with Crippen molar-refractivity contribution in [3.63, 3.8) is 0 Å². The Morgan fingerprint density at radius 2 is 2.14 bits per heavy atom. The van der Waals surface area contributed by atoms with Crippen LogP contribution in [0, 0.1) is 0 Å². The minimum absolute atomic E-state index is 0.375. The molecule has 40 valence electrons. The van der Waals surface area contributed by atoms with Gasteiger partial charge in [0, 0.05) is 0 Å². The Kier molecular flexibility index (Phi) is 0.927. The van der Waals surface area contributed by atoms with Gasteiger partial charge >= 0.3 is 0 Å². The standard InChI is InChI=1S/C6H10O/c1-4(2)6-5(3)7-6/h5-6H,1H2,2-3H3/t5-,6+/m1/s1. The van der Waals surface area contributed by atoms with E-state index in [1.807, 2.05) is 6.92 Å². The molecule has 0 aromatic carbocycles. The summed E-state index contributed by atoms with van der Waals surface area (Å²) in [4.78, 5) is 0. The summed E-state index contributed by atoms with van der Waals surface area (Å²) in [5, 5.41) is 0. The molecule has 0 N–H and O–H groups in total. The van der Waals surface area contributed by atoms with Crippen LogP contribution < -0.4 is 0 Å². The van der Waals surface area contributed by atoms with E-state index in [1.165, 1.54) is 0 Å². The molecular formula is C6H10O. The highest BCUT2D eigenvalue weighted by atomic mass is 16.6. The van der Waals surface area contributed by atoms with Crippen LogP contribution in [-0.4, -0.2) is 12.2 Å². The summed E-state index contributed by atoms with van der Waals surface area (Å²) >= 11 is 0. The zero-order valence-electron chi connectivity index (χ0n) is 4.77. The highest BCUT2D eigenvalue weighted by molar-refractivity contribution is 5.08. The molecule has 1 fully saturated rings. The van der Waals surface area contributed by atoms with Crippen LogP contribution in [0.3, 0.4) is 0 Å². The summed E-state index contributed by atoms with van der Waals surface area (Å²) < 4.78 is 5.08. The van der Waals surface area contributed by atoms with Crippen LogP contribution >= 0.6 is 0 Å². The summed E-state index contributed by atoms with van der Waals surface area (Å²) in [7, 11) is 0. The predicted molar refractivity (Wildman–Crippen MR) is 29.1 cm³/mol. The third-order valence-corrected chi connectivity index (χ3v) is 1.20. The zero-order chi connectivity index (χ0) is 5.44. The van der Waals surface area contributed by atoms with Gasteiger partial charge in [0.1, 0.15) is 6.10 Å². The Morgan fingerprint density at radius 1 is 1.71 bits per heavy atom. The lowest BCUT2D eigenvalue weighted by Gasteiger charge is -1.82. The lowest BCUT2D eigenvalue weighted by atomic mass is 10.2. The van der Waals surface area contributed by atoms with Gasteiger partial charge in [-0.15, -0.1) is 0 Å². The maximum absolute atomic E-state index is 5.08. The van der Waals surface area contributed by atoms with Gasteiger partial charge in [-0.1, -0.05) is 6.58 Å². The lowest BCUT2D eigenvalue weighted by Crippen LogP contribution is -1.87. The van der Waals surface area contributed by atoms with Gasteiger partial charge in [0.2, 0.25) is 0 Å². The fraction of sp³-hybridized carbons (Fsp3) is 0.667. The molecule has 0 aromatic heterocycles. The SMILES string of the molecule is C=C(C)[C@@H]1O[C@@H]1C. The number of hydrogen-bond acceptors (Lipinski definition) is 1. The summed E-state index contributed by atoms with van der Waals surface area (Å²) in [5.74, 6) is 0. The van der Waals surface area contributed by atoms with Gasteiger partial charge in [0.15, 0.2) is 0 Å². The van der Waals surface area contributed by atoms with E-state index in [-0.39, 0.29) is 0 Å². The van der Waals surface area contributed by atoms with E-state index in [1.54, 1.807) is 0 Å². The summed E-state index contributed by atoms with van der Waals surface area (Å²) in [6, 6.07) is 0. The Bertz CT molecular complexity index is 96.4. The van der Waals surface area contributed by atoms with E-state index < -0.39 is 0 Å². The van der Waals surface area contributed by atoms with Gasteiger partial charge in [-0.05, 0) is 19.4 Å². The minimum atomic E-state index is 0.375. The summed E-state index contributed by atoms with van der Waals surface area (Å²) in [6.45, 7) is 7.79. The molecule has 0 aromatic rings. The van der Waals surface area contributed by atoms with E-state index in [4.69, 9.17) is 4.74 Å². The molecule has 0 radical (unpaired) electrons. The number of hydrogen-bond donors (Lipinski definition) is 0. The van der Waals surface area contributed by atoms with Crippen molar-refractivity contribution < 1.29 is 4.74 Å². The second-order valence-corrected chi connectivity index (χ2v) is 2.11. The second-order valence-electron chi connectivity index (χ2n) is 2.11. The molecule has 0 bridgehead atoms. The molecule has 1 saturated heterocycles. The van der Waals surface area contributed by atoms with Crippen molar-refractivity contribution in [3.05, 3.63) is 12.2 Å². The van der Waals surface area contributed by atoms with Gasteiger partial charge in [-0.3, -0.25) is 0 Å². The third-order valence-electron chi connectivity index (χ3n) is 1.20. The normalized spacial score (nSPS) is 38.0. The molecule has 0 spiro atoms. The van der Waals surface area contributed by atoms with Crippen LogP contribution in [-0.2, 0) is 4.74 Å². The van der Waals surface area contributed by atoms with E-state index in [2.05, 4.69) is 13.5 Å². The van der Waals surface area contributed by atoms with E-state index in [9.17, 15) is 0 Å². The minimum Gasteiger partial charge on any atom is -0.365 e.